The van der Waals surface area contributed by atoms with E-state index in [0.29, 0.717) is 23.5 Å². The number of anilines is 2. The van der Waals surface area contributed by atoms with Gasteiger partial charge in [0.15, 0.2) is 0 Å². The minimum absolute atomic E-state index is 0.0888. The fourth-order valence-corrected chi connectivity index (χ4v) is 2.07. The maximum Gasteiger partial charge on any atom is 0.250 e. The molecule has 0 aliphatic heterocycles. The van der Waals surface area contributed by atoms with Gasteiger partial charge in [0.25, 0.3) is 5.91 Å². The molecular formula is C16H16ClN3O2. The van der Waals surface area contributed by atoms with Gasteiger partial charge in [0.05, 0.1) is 5.56 Å². The minimum Gasteiger partial charge on any atom is -0.380 e. The van der Waals surface area contributed by atoms with E-state index >= 15 is 0 Å². The summed E-state index contributed by atoms with van der Waals surface area (Å²) in [6.07, 6.45) is 0. The number of amides is 2. The van der Waals surface area contributed by atoms with Crippen molar-refractivity contribution in [3.8, 4) is 0 Å². The van der Waals surface area contributed by atoms with E-state index in [0.717, 1.165) is 5.56 Å². The Kier molecular flexibility index (Phi) is 5.38. The molecule has 6 heteroatoms. The summed E-state index contributed by atoms with van der Waals surface area (Å²) in [5.74, 6) is -0.828. The van der Waals surface area contributed by atoms with Gasteiger partial charge in [0.1, 0.15) is 5.88 Å². The van der Waals surface area contributed by atoms with Gasteiger partial charge in [-0.2, -0.15) is 0 Å². The number of nitrogens with one attached hydrogen (secondary N) is 2. The van der Waals surface area contributed by atoms with Gasteiger partial charge in [-0.1, -0.05) is 24.3 Å². The third kappa shape index (κ3) is 4.23. The van der Waals surface area contributed by atoms with E-state index in [-0.39, 0.29) is 11.8 Å². The van der Waals surface area contributed by atoms with Crippen LogP contribution in [0.2, 0.25) is 0 Å². The number of carbonyl (C=O) groups excluding carboxylic acids is 2. The van der Waals surface area contributed by atoms with Crippen molar-refractivity contribution in [3.63, 3.8) is 0 Å². The predicted molar refractivity (Wildman–Crippen MR) is 88.1 cm³/mol. The molecule has 0 atom stereocenters. The molecule has 0 saturated heterocycles. The van der Waals surface area contributed by atoms with Crippen LogP contribution in [0.25, 0.3) is 0 Å². The highest BCUT2D eigenvalue weighted by molar-refractivity contribution is 6.29. The van der Waals surface area contributed by atoms with Gasteiger partial charge in [-0.15, -0.1) is 11.6 Å². The molecule has 0 aromatic heterocycles. The Balaban J connectivity index is 2.07. The van der Waals surface area contributed by atoms with E-state index in [1.54, 1.807) is 24.3 Å². The SMILES string of the molecule is NC(=O)c1ccccc1NCc1cccc(NC(=O)CCl)c1. The summed E-state index contributed by atoms with van der Waals surface area (Å²) in [4.78, 5) is 22.6. The van der Waals surface area contributed by atoms with Gasteiger partial charge < -0.3 is 16.4 Å². The molecule has 0 spiro atoms. The molecule has 0 fully saturated rings. The van der Waals surface area contributed by atoms with Crippen LogP contribution >= 0.6 is 11.6 Å². The maximum atomic E-state index is 11.4. The minimum atomic E-state index is -0.480. The van der Waals surface area contributed by atoms with Crippen LogP contribution in [0.4, 0.5) is 11.4 Å². The molecule has 2 aromatic carbocycles. The summed E-state index contributed by atoms with van der Waals surface area (Å²) in [6.45, 7) is 0.495. The standard InChI is InChI=1S/C16H16ClN3O2/c17-9-15(21)20-12-5-3-4-11(8-12)10-19-14-7-2-1-6-13(14)16(18)22/h1-8,19H,9-10H2,(H2,18,22)(H,20,21). The fraction of sp³-hybridized carbons (Fsp3) is 0.125. The number of rotatable bonds is 6. The van der Waals surface area contributed by atoms with Gasteiger partial charge >= 0.3 is 0 Å². The summed E-state index contributed by atoms with van der Waals surface area (Å²) >= 11 is 5.46. The van der Waals surface area contributed by atoms with Crippen LogP contribution in [0, 0.1) is 0 Å². The van der Waals surface area contributed by atoms with Crippen LogP contribution in [0.1, 0.15) is 15.9 Å². The van der Waals surface area contributed by atoms with Gasteiger partial charge in [-0.05, 0) is 29.8 Å². The lowest BCUT2D eigenvalue weighted by Crippen LogP contribution is -2.14. The van der Waals surface area contributed by atoms with E-state index in [2.05, 4.69) is 10.6 Å². The van der Waals surface area contributed by atoms with E-state index in [4.69, 9.17) is 17.3 Å². The van der Waals surface area contributed by atoms with Crippen LogP contribution in [0.15, 0.2) is 48.5 Å². The van der Waals surface area contributed by atoms with E-state index in [1.165, 1.54) is 0 Å². The lowest BCUT2D eigenvalue weighted by Gasteiger charge is -2.11. The van der Waals surface area contributed by atoms with Gasteiger partial charge in [0.2, 0.25) is 5.91 Å². The number of hydrogen-bond donors (Lipinski definition) is 3. The smallest absolute Gasteiger partial charge is 0.250 e. The normalized spacial score (nSPS) is 10.0. The van der Waals surface area contributed by atoms with Crippen molar-refractivity contribution in [3.05, 3.63) is 59.7 Å². The molecule has 0 saturated carbocycles. The molecule has 2 aromatic rings. The lowest BCUT2D eigenvalue weighted by atomic mass is 10.1. The number of para-hydroxylation sites is 1. The van der Waals surface area contributed by atoms with Crippen LogP contribution in [0.5, 0.6) is 0 Å². The van der Waals surface area contributed by atoms with Gasteiger partial charge in [-0.25, -0.2) is 0 Å². The van der Waals surface area contributed by atoms with Crippen molar-refractivity contribution in [2.75, 3.05) is 16.5 Å². The zero-order chi connectivity index (χ0) is 15.9. The first-order chi connectivity index (χ1) is 10.6. The Morgan fingerprint density at radius 1 is 1.09 bits per heavy atom. The molecule has 0 aliphatic carbocycles. The summed E-state index contributed by atoms with van der Waals surface area (Å²) in [7, 11) is 0. The number of nitrogens with two attached hydrogens (primary N) is 1. The highest BCUT2D eigenvalue weighted by atomic mass is 35.5. The molecule has 0 aliphatic rings. The first-order valence-corrected chi connectivity index (χ1v) is 7.21. The van der Waals surface area contributed by atoms with Crippen LogP contribution < -0.4 is 16.4 Å². The first-order valence-electron chi connectivity index (χ1n) is 6.67. The summed E-state index contributed by atoms with van der Waals surface area (Å²) < 4.78 is 0. The quantitative estimate of drug-likeness (QED) is 0.716. The Bertz CT molecular complexity index is 689. The van der Waals surface area contributed by atoms with Crippen molar-refractivity contribution in [1.29, 1.82) is 0 Å². The molecule has 22 heavy (non-hydrogen) atoms. The Morgan fingerprint density at radius 3 is 2.59 bits per heavy atom. The van der Waals surface area contributed by atoms with Gasteiger partial charge in [-0.3, -0.25) is 9.59 Å². The number of halogens is 1. The summed E-state index contributed by atoms with van der Waals surface area (Å²) in [5.41, 5.74) is 8.07. The Hall–Kier alpha value is -2.53. The Labute approximate surface area is 133 Å². The second-order valence-corrected chi connectivity index (χ2v) is 4.91. The zero-order valence-electron chi connectivity index (χ0n) is 11.8. The molecule has 0 heterocycles. The van der Waals surface area contributed by atoms with Crippen molar-refractivity contribution in [2.24, 2.45) is 5.73 Å². The lowest BCUT2D eigenvalue weighted by molar-refractivity contribution is -0.113. The predicted octanol–water partition coefficient (Wildman–Crippen LogP) is 2.57. The molecule has 5 nitrogen and oxygen atoms in total. The highest BCUT2D eigenvalue weighted by Crippen LogP contribution is 2.17. The molecule has 0 radical (unpaired) electrons. The van der Waals surface area contributed by atoms with E-state index in [9.17, 15) is 9.59 Å². The molecule has 114 valence electrons. The second-order valence-electron chi connectivity index (χ2n) is 4.65. The largest absolute Gasteiger partial charge is 0.380 e. The molecule has 4 N–H and O–H groups in total. The van der Waals surface area contributed by atoms with Crippen LogP contribution in [-0.4, -0.2) is 17.7 Å². The van der Waals surface area contributed by atoms with Crippen molar-refractivity contribution >= 4 is 34.8 Å². The van der Waals surface area contributed by atoms with E-state index in [1.807, 2.05) is 24.3 Å². The zero-order valence-corrected chi connectivity index (χ0v) is 12.6. The Morgan fingerprint density at radius 2 is 1.86 bits per heavy atom. The van der Waals surface area contributed by atoms with Crippen LogP contribution in [-0.2, 0) is 11.3 Å². The number of benzene rings is 2. The van der Waals surface area contributed by atoms with E-state index < -0.39 is 5.91 Å². The monoisotopic (exact) mass is 317 g/mol. The number of alkyl halides is 1. The topological polar surface area (TPSA) is 84.2 Å². The fourth-order valence-electron chi connectivity index (χ4n) is 2.00. The average molecular weight is 318 g/mol. The van der Waals surface area contributed by atoms with Gasteiger partial charge in [0, 0.05) is 17.9 Å². The maximum absolute atomic E-state index is 11.4. The second kappa shape index (κ2) is 7.47. The molecule has 2 amide bonds. The van der Waals surface area contributed by atoms with Crippen molar-refractivity contribution < 1.29 is 9.59 Å². The molecular weight excluding hydrogens is 302 g/mol. The highest BCUT2D eigenvalue weighted by Gasteiger charge is 2.07. The number of carbonyl (C=O) groups is 2. The third-order valence-electron chi connectivity index (χ3n) is 3.01. The summed E-state index contributed by atoms with van der Waals surface area (Å²) in [5, 5.41) is 5.85. The van der Waals surface area contributed by atoms with Crippen LogP contribution in [0.3, 0.4) is 0 Å². The summed E-state index contributed by atoms with van der Waals surface area (Å²) in [6, 6.07) is 14.4. The van der Waals surface area contributed by atoms with Crippen molar-refractivity contribution in [2.45, 2.75) is 6.54 Å². The van der Waals surface area contributed by atoms with Crippen molar-refractivity contribution in [1.82, 2.24) is 0 Å². The average Bonchev–Trinajstić information content (AvgIpc) is 2.53. The first kappa shape index (κ1) is 15.9. The molecule has 0 bridgehead atoms. The number of hydrogen-bond acceptors (Lipinski definition) is 3. The molecule has 2 rings (SSSR count). The number of primary amides is 1. The third-order valence-corrected chi connectivity index (χ3v) is 3.25. The molecule has 0 unspecified atom stereocenters.